The highest BCUT2D eigenvalue weighted by atomic mass is 35.5. The first kappa shape index (κ1) is 20.7. The molecule has 1 aromatic heterocycles. The molecule has 1 amide bonds. The summed E-state index contributed by atoms with van der Waals surface area (Å²) in [4.78, 5) is 19.2. The van der Waals surface area contributed by atoms with Crippen molar-refractivity contribution in [2.45, 2.75) is 37.8 Å². The number of morpholine rings is 1. The average molecular weight is 411 g/mol. The number of carbonyl (C=O) groups excluding carboxylic acids is 1. The minimum Gasteiger partial charge on any atom is -0.375 e. The monoisotopic (exact) mass is 410 g/mol. The van der Waals surface area contributed by atoms with E-state index in [9.17, 15) is 9.18 Å². The van der Waals surface area contributed by atoms with Crippen LogP contribution in [0.3, 0.4) is 0 Å². The number of nitrogens with one attached hydrogen (secondary N) is 1. The Balaban J connectivity index is 0.00000225. The molecule has 2 fully saturated rings. The second-order valence-corrected chi connectivity index (χ2v) is 7.10. The lowest BCUT2D eigenvalue weighted by atomic mass is 9.96. The zero-order valence-corrected chi connectivity index (χ0v) is 16.5. The minimum atomic E-state index is -0.343. The van der Waals surface area contributed by atoms with Crippen LogP contribution in [0.4, 0.5) is 4.39 Å². The average Bonchev–Trinajstić information content (AvgIpc) is 3.18. The number of halogens is 2. The van der Waals surface area contributed by atoms with Crippen molar-refractivity contribution in [3.8, 4) is 11.4 Å². The van der Waals surface area contributed by atoms with Crippen LogP contribution in [-0.2, 0) is 9.53 Å². The molecule has 0 radical (unpaired) electrons. The predicted octanol–water partition coefficient (Wildman–Crippen LogP) is 2.38. The Morgan fingerprint density at radius 2 is 2.25 bits per heavy atom. The second kappa shape index (κ2) is 8.98. The molecule has 0 saturated carbocycles. The lowest BCUT2D eigenvalue weighted by molar-refractivity contribution is -0.140. The highest BCUT2D eigenvalue weighted by Gasteiger charge is 2.35. The van der Waals surface area contributed by atoms with Gasteiger partial charge < -0.3 is 19.5 Å². The first-order chi connectivity index (χ1) is 13.1. The molecule has 1 unspecified atom stereocenters. The van der Waals surface area contributed by atoms with Gasteiger partial charge in [-0.3, -0.25) is 4.79 Å². The van der Waals surface area contributed by atoms with Crippen molar-refractivity contribution in [1.29, 1.82) is 0 Å². The van der Waals surface area contributed by atoms with Gasteiger partial charge in [0.1, 0.15) is 11.9 Å². The number of nitrogens with zero attached hydrogens (tertiary/aromatic N) is 3. The zero-order valence-electron chi connectivity index (χ0n) is 15.6. The van der Waals surface area contributed by atoms with Gasteiger partial charge in [0.05, 0.1) is 18.6 Å². The van der Waals surface area contributed by atoms with Gasteiger partial charge in [-0.15, -0.1) is 12.4 Å². The molecule has 0 spiro atoms. The van der Waals surface area contributed by atoms with Crippen molar-refractivity contribution in [1.82, 2.24) is 20.4 Å². The van der Waals surface area contributed by atoms with Gasteiger partial charge in [0, 0.05) is 25.2 Å². The van der Waals surface area contributed by atoms with E-state index in [1.807, 2.05) is 11.8 Å². The van der Waals surface area contributed by atoms with Gasteiger partial charge in [-0.05, 0) is 31.9 Å². The van der Waals surface area contributed by atoms with Crippen LogP contribution in [0.2, 0.25) is 0 Å². The van der Waals surface area contributed by atoms with Crippen LogP contribution in [0.1, 0.15) is 31.6 Å². The topological polar surface area (TPSA) is 80.5 Å². The number of ether oxygens (including phenoxy) is 1. The minimum absolute atomic E-state index is 0. The first-order valence-electron chi connectivity index (χ1n) is 9.35. The van der Waals surface area contributed by atoms with Crippen molar-refractivity contribution in [3.63, 3.8) is 0 Å². The van der Waals surface area contributed by atoms with Gasteiger partial charge in [0.25, 0.3) is 0 Å². The number of amides is 1. The number of likely N-dealkylation sites (tertiary alicyclic amines) is 1. The van der Waals surface area contributed by atoms with Gasteiger partial charge >= 0.3 is 0 Å². The lowest BCUT2D eigenvalue weighted by Crippen LogP contribution is -2.57. The molecule has 3 heterocycles. The van der Waals surface area contributed by atoms with Crippen LogP contribution in [0.5, 0.6) is 0 Å². The van der Waals surface area contributed by atoms with E-state index in [0.29, 0.717) is 43.5 Å². The Kier molecular flexibility index (Phi) is 6.64. The number of piperidine rings is 1. The van der Waals surface area contributed by atoms with Crippen LogP contribution in [0.25, 0.3) is 11.4 Å². The Morgan fingerprint density at radius 1 is 1.39 bits per heavy atom. The van der Waals surface area contributed by atoms with Crippen molar-refractivity contribution in [2.75, 3.05) is 26.2 Å². The Labute approximate surface area is 169 Å². The zero-order chi connectivity index (χ0) is 18.8. The first-order valence-corrected chi connectivity index (χ1v) is 9.35. The van der Waals surface area contributed by atoms with Gasteiger partial charge in [0.2, 0.25) is 17.6 Å². The fourth-order valence-electron chi connectivity index (χ4n) is 3.73. The van der Waals surface area contributed by atoms with Crippen LogP contribution < -0.4 is 5.32 Å². The summed E-state index contributed by atoms with van der Waals surface area (Å²) in [6.45, 7) is 4.47. The summed E-state index contributed by atoms with van der Waals surface area (Å²) >= 11 is 0. The Morgan fingerprint density at radius 3 is 3.04 bits per heavy atom. The molecule has 1 N–H and O–H groups in total. The summed E-state index contributed by atoms with van der Waals surface area (Å²) in [5.74, 6) is 0.551. The molecule has 0 aliphatic carbocycles. The number of hydrogen-bond acceptors (Lipinski definition) is 6. The van der Waals surface area contributed by atoms with Crippen molar-refractivity contribution >= 4 is 18.3 Å². The smallest absolute Gasteiger partial charge is 0.242 e. The van der Waals surface area contributed by atoms with E-state index < -0.39 is 0 Å². The van der Waals surface area contributed by atoms with Gasteiger partial charge in [-0.1, -0.05) is 17.3 Å². The quantitative estimate of drug-likeness (QED) is 0.836. The molecule has 9 heteroatoms. The Hall–Kier alpha value is -2.03. The SMILES string of the molecule is C[C@H]1OCCN[C@@H]1C(=O)N1CCCC(c2nc(-c3cccc(F)c3)no2)C1.Cl. The molecule has 3 atom stereocenters. The second-order valence-electron chi connectivity index (χ2n) is 7.10. The van der Waals surface area contributed by atoms with E-state index in [1.54, 1.807) is 12.1 Å². The molecule has 2 saturated heterocycles. The highest BCUT2D eigenvalue weighted by molar-refractivity contribution is 5.85. The van der Waals surface area contributed by atoms with E-state index in [4.69, 9.17) is 9.26 Å². The highest BCUT2D eigenvalue weighted by Crippen LogP contribution is 2.28. The molecule has 152 valence electrons. The number of rotatable bonds is 3. The van der Waals surface area contributed by atoms with Crippen molar-refractivity contribution in [3.05, 3.63) is 36.0 Å². The Bertz CT molecular complexity index is 818. The third-order valence-corrected chi connectivity index (χ3v) is 5.19. The summed E-state index contributed by atoms with van der Waals surface area (Å²) in [6, 6.07) is 5.79. The number of hydrogen-bond donors (Lipinski definition) is 1. The fourth-order valence-corrected chi connectivity index (χ4v) is 3.73. The van der Waals surface area contributed by atoms with E-state index in [1.165, 1.54) is 12.1 Å². The van der Waals surface area contributed by atoms with Gasteiger partial charge in [-0.2, -0.15) is 4.98 Å². The van der Waals surface area contributed by atoms with E-state index in [2.05, 4.69) is 15.5 Å². The summed E-state index contributed by atoms with van der Waals surface area (Å²) in [5, 5.41) is 7.23. The molecule has 28 heavy (non-hydrogen) atoms. The van der Waals surface area contributed by atoms with Gasteiger partial charge in [0.15, 0.2) is 0 Å². The number of carbonyl (C=O) groups is 1. The largest absolute Gasteiger partial charge is 0.375 e. The molecular formula is C19H24ClFN4O3. The molecule has 4 rings (SSSR count). The van der Waals surface area contributed by atoms with Crippen molar-refractivity contribution < 1.29 is 18.4 Å². The predicted molar refractivity (Wildman–Crippen MR) is 103 cm³/mol. The van der Waals surface area contributed by atoms with Crippen LogP contribution in [0.15, 0.2) is 28.8 Å². The molecule has 2 aliphatic heterocycles. The lowest BCUT2D eigenvalue weighted by Gasteiger charge is -2.37. The normalized spacial score (nSPS) is 25.2. The number of aromatic nitrogens is 2. The fraction of sp³-hybridized carbons (Fsp3) is 0.526. The summed E-state index contributed by atoms with van der Waals surface area (Å²) in [6.07, 6.45) is 1.60. The molecule has 2 aromatic rings. The maximum Gasteiger partial charge on any atom is 0.242 e. The van der Waals surface area contributed by atoms with E-state index >= 15 is 0 Å². The molecule has 7 nitrogen and oxygen atoms in total. The van der Waals surface area contributed by atoms with Crippen LogP contribution in [-0.4, -0.2) is 59.3 Å². The van der Waals surface area contributed by atoms with Crippen molar-refractivity contribution in [2.24, 2.45) is 0 Å². The van der Waals surface area contributed by atoms with E-state index in [0.717, 1.165) is 12.8 Å². The number of benzene rings is 1. The molecule has 2 aliphatic rings. The summed E-state index contributed by atoms with van der Waals surface area (Å²) in [7, 11) is 0. The third kappa shape index (κ3) is 4.34. The van der Waals surface area contributed by atoms with Gasteiger partial charge in [-0.25, -0.2) is 4.39 Å². The summed E-state index contributed by atoms with van der Waals surface area (Å²) in [5.41, 5.74) is 0.575. The molecule has 0 bridgehead atoms. The molecular weight excluding hydrogens is 387 g/mol. The summed E-state index contributed by atoms with van der Waals surface area (Å²) < 4.78 is 24.4. The molecule has 1 aromatic carbocycles. The van der Waals surface area contributed by atoms with Crippen LogP contribution >= 0.6 is 12.4 Å². The third-order valence-electron chi connectivity index (χ3n) is 5.19. The maximum absolute atomic E-state index is 13.4. The standard InChI is InChI=1S/C19H23FN4O3.ClH/c1-12-16(21-7-9-26-12)19(25)24-8-3-5-14(11-24)18-22-17(23-27-18)13-4-2-6-15(20)10-13;/h2,4,6,10,12,14,16,21H,3,5,7-9,11H2,1H3;1H/t12-,14?,16+;/m1./s1. The van der Waals surface area contributed by atoms with Crippen LogP contribution in [0, 0.1) is 5.82 Å². The van der Waals surface area contributed by atoms with E-state index in [-0.39, 0.29) is 42.2 Å². The maximum atomic E-state index is 13.4.